The van der Waals surface area contributed by atoms with Crippen LogP contribution >= 0.6 is 35.3 Å². The van der Waals surface area contributed by atoms with E-state index in [1.54, 1.807) is 18.4 Å². The number of carbonyl (C=O) groups is 1. The largest absolute Gasteiger partial charge is 0.355 e. The predicted octanol–water partition coefficient (Wildman–Crippen LogP) is 2.75. The normalized spacial score (nSPS) is 13.0. The van der Waals surface area contributed by atoms with E-state index >= 15 is 0 Å². The molecule has 1 unspecified atom stereocenters. The van der Waals surface area contributed by atoms with E-state index in [0.29, 0.717) is 13.1 Å². The first-order valence-electron chi connectivity index (χ1n) is 7.13. The maximum absolute atomic E-state index is 11.7. The molecule has 22 heavy (non-hydrogen) atoms. The summed E-state index contributed by atoms with van der Waals surface area (Å²) < 4.78 is 0. The molecule has 0 fully saturated rings. The third-order valence-electron chi connectivity index (χ3n) is 2.93. The van der Waals surface area contributed by atoms with Crippen LogP contribution in [0.1, 0.15) is 38.6 Å². The lowest BCUT2D eigenvalue weighted by molar-refractivity contribution is -0.128. The SMILES string of the molecule is CN=C(NCCNC(=O)C(C)(C)C)NC(C)c1cccs1.I. The lowest BCUT2D eigenvalue weighted by atomic mass is 9.96. The van der Waals surface area contributed by atoms with Gasteiger partial charge in [0.15, 0.2) is 5.96 Å². The fourth-order valence-electron chi connectivity index (χ4n) is 1.63. The van der Waals surface area contributed by atoms with Gasteiger partial charge < -0.3 is 16.0 Å². The molecule has 0 bridgehead atoms. The van der Waals surface area contributed by atoms with Gasteiger partial charge in [-0.05, 0) is 18.4 Å². The van der Waals surface area contributed by atoms with E-state index in [4.69, 9.17) is 0 Å². The summed E-state index contributed by atoms with van der Waals surface area (Å²) in [4.78, 5) is 17.2. The number of nitrogens with zero attached hydrogens (tertiary/aromatic N) is 1. The number of nitrogens with one attached hydrogen (secondary N) is 3. The molecule has 7 heteroatoms. The van der Waals surface area contributed by atoms with Crippen molar-refractivity contribution in [2.24, 2.45) is 10.4 Å². The molecule has 3 N–H and O–H groups in total. The molecule has 0 aliphatic heterocycles. The van der Waals surface area contributed by atoms with Crippen LogP contribution in [0.5, 0.6) is 0 Å². The number of amides is 1. The average molecular weight is 438 g/mol. The van der Waals surface area contributed by atoms with Gasteiger partial charge in [0.2, 0.25) is 5.91 Å². The van der Waals surface area contributed by atoms with Gasteiger partial charge in [0.1, 0.15) is 0 Å². The summed E-state index contributed by atoms with van der Waals surface area (Å²) in [5, 5.41) is 11.5. The summed E-state index contributed by atoms with van der Waals surface area (Å²) in [6.07, 6.45) is 0. The lowest BCUT2D eigenvalue weighted by Crippen LogP contribution is -2.44. The van der Waals surface area contributed by atoms with E-state index in [-0.39, 0.29) is 41.3 Å². The van der Waals surface area contributed by atoms with Crippen LogP contribution < -0.4 is 16.0 Å². The maximum atomic E-state index is 11.7. The molecule has 1 rings (SSSR count). The molecule has 1 heterocycles. The Morgan fingerprint density at radius 2 is 1.95 bits per heavy atom. The molecule has 5 nitrogen and oxygen atoms in total. The van der Waals surface area contributed by atoms with E-state index in [2.05, 4.69) is 39.3 Å². The fourth-order valence-corrected chi connectivity index (χ4v) is 2.37. The van der Waals surface area contributed by atoms with Crippen LogP contribution in [-0.2, 0) is 4.79 Å². The van der Waals surface area contributed by atoms with Gasteiger partial charge in [-0.2, -0.15) is 0 Å². The van der Waals surface area contributed by atoms with Crippen LogP contribution in [0, 0.1) is 5.41 Å². The van der Waals surface area contributed by atoms with Gasteiger partial charge >= 0.3 is 0 Å². The van der Waals surface area contributed by atoms with Gasteiger partial charge in [-0.1, -0.05) is 26.8 Å². The average Bonchev–Trinajstić information content (AvgIpc) is 2.94. The van der Waals surface area contributed by atoms with E-state index in [1.807, 2.05) is 26.8 Å². The number of guanidine groups is 1. The van der Waals surface area contributed by atoms with Crippen LogP contribution in [0.4, 0.5) is 0 Å². The number of hydrogen-bond acceptors (Lipinski definition) is 3. The van der Waals surface area contributed by atoms with Crippen molar-refractivity contribution in [2.75, 3.05) is 20.1 Å². The zero-order chi connectivity index (χ0) is 15.9. The van der Waals surface area contributed by atoms with Gasteiger partial charge in [-0.25, -0.2) is 0 Å². The van der Waals surface area contributed by atoms with Gasteiger partial charge in [0, 0.05) is 30.4 Å². The highest BCUT2D eigenvalue weighted by atomic mass is 127. The van der Waals surface area contributed by atoms with Crippen LogP contribution in [0.15, 0.2) is 22.5 Å². The number of halogens is 1. The number of aliphatic imine (C=N–C) groups is 1. The Bertz CT molecular complexity index is 468. The Hall–Kier alpha value is -0.830. The first-order chi connectivity index (χ1) is 9.84. The van der Waals surface area contributed by atoms with Crippen molar-refractivity contribution >= 4 is 47.2 Å². The van der Waals surface area contributed by atoms with Gasteiger partial charge in [-0.3, -0.25) is 9.79 Å². The maximum Gasteiger partial charge on any atom is 0.225 e. The summed E-state index contributed by atoms with van der Waals surface area (Å²) in [6.45, 7) is 9.01. The molecule has 0 saturated carbocycles. The van der Waals surface area contributed by atoms with E-state index in [1.165, 1.54) is 4.88 Å². The molecule has 0 aliphatic rings. The van der Waals surface area contributed by atoms with Crippen molar-refractivity contribution in [3.05, 3.63) is 22.4 Å². The van der Waals surface area contributed by atoms with Crippen molar-refractivity contribution in [1.29, 1.82) is 0 Å². The van der Waals surface area contributed by atoms with Crippen LogP contribution in [-0.4, -0.2) is 32.0 Å². The van der Waals surface area contributed by atoms with Gasteiger partial charge in [-0.15, -0.1) is 35.3 Å². The molecular weight excluding hydrogens is 411 g/mol. The highest BCUT2D eigenvalue weighted by Crippen LogP contribution is 2.17. The quantitative estimate of drug-likeness (QED) is 0.287. The second kappa shape index (κ2) is 10.0. The van der Waals surface area contributed by atoms with Crippen molar-refractivity contribution in [3.63, 3.8) is 0 Å². The first kappa shape index (κ1) is 21.2. The zero-order valence-corrected chi connectivity index (χ0v) is 17.0. The first-order valence-corrected chi connectivity index (χ1v) is 8.01. The molecule has 0 aliphatic carbocycles. The Labute approximate surface area is 154 Å². The second-order valence-electron chi connectivity index (χ2n) is 5.89. The molecule has 126 valence electrons. The molecule has 0 aromatic carbocycles. The molecule has 0 radical (unpaired) electrons. The smallest absolute Gasteiger partial charge is 0.225 e. The van der Waals surface area contributed by atoms with Crippen molar-refractivity contribution in [3.8, 4) is 0 Å². The molecule has 1 aromatic rings. The summed E-state index contributed by atoms with van der Waals surface area (Å²) in [6, 6.07) is 4.34. The monoisotopic (exact) mass is 438 g/mol. The Morgan fingerprint density at radius 3 is 2.45 bits per heavy atom. The summed E-state index contributed by atoms with van der Waals surface area (Å²) in [5.41, 5.74) is -0.354. The van der Waals surface area contributed by atoms with E-state index < -0.39 is 0 Å². The van der Waals surface area contributed by atoms with Gasteiger partial charge in [0.05, 0.1) is 6.04 Å². The van der Waals surface area contributed by atoms with E-state index in [0.717, 1.165) is 5.96 Å². The summed E-state index contributed by atoms with van der Waals surface area (Å²) >= 11 is 1.72. The topological polar surface area (TPSA) is 65.5 Å². The molecule has 1 atom stereocenters. The third kappa shape index (κ3) is 7.44. The Morgan fingerprint density at radius 1 is 1.32 bits per heavy atom. The van der Waals surface area contributed by atoms with Crippen LogP contribution in [0.3, 0.4) is 0 Å². The lowest BCUT2D eigenvalue weighted by Gasteiger charge is -2.19. The third-order valence-corrected chi connectivity index (χ3v) is 3.99. The van der Waals surface area contributed by atoms with Crippen LogP contribution in [0.2, 0.25) is 0 Å². The number of thiophene rings is 1. The predicted molar refractivity (Wildman–Crippen MR) is 105 cm³/mol. The standard InChI is InChI=1S/C15H26N4OS.HI/c1-11(12-7-6-10-21-12)19-14(16-5)18-9-8-17-13(20)15(2,3)4;/h6-7,10-11H,8-9H2,1-5H3,(H,17,20)(H2,16,18,19);1H. The van der Waals surface area contributed by atoms with Crippen LogP contribution in [0.25, 0.3) is 0 Å². The Balaban J connectivity index is 0.00000441. The van der Waals surface area contributed by atoms with Crippen molar-refractivity contribution in [1.82, 2.24) is 16.0 Å². The highest BCUT2D eigenvalue weighted by Gasteiger charge is 2.20. The minimum atomic E-state index is -0.354. The van der Waals surface area contributed by atoms with Gasteiger partial charge in [0.25, 0.3) is 0 Å². The van der Waals surface area contributed by atoms with Crippen molar-refractivity contribution in [2.45, 2.75) is 33.7 Å². The Kier molecular flexibility index (Phi) is 9.66. The van der Waals surface area contributed by atoms with E-state index in [9.17, 15) is 4.79 Å². The number of rotatable bonds is 5. The molecule has 1 amide bonds. The molecule has 1 aromatic heterocycles. The number of hydrogen-bond donors (Lipinski definition) is 3. The molecule has 0 spiro atoms. The highest BCUT2D eigenvalue weighted by molar-refractivity contribution is 14.0. The summed E-state index contributed by atoms with van der Waals surface area (Å²) in [7, 11) is 1.74. The zero-order valence-electron chi connectivity index (χ0n) is 13.9. The minimum absolute atomic E-state index is 0. The second-order valence-corrected chi connectivity index (χ2v) is 6.87. The number of carbonyl (C=O) groups excluding carboxylic acids is 1. The van der Waals surface area contributed by atoms with Crippen molar-refractivity contribution < 1.29 is 4.79 Å². The minimum Gasteiger partial charge on any atom is -0.355 e. The summed E-state index contributed by atoms with van der Waals surface area (Å²) in [5.74, 6) is 0.792. The molecular formula is C15H27IN4OS. The molecule has 0 saturated heterocycles. The fraction of sp³-hybridized carbons (Fsp3) is 0.600.